The number of benzene rings is 1. The summed E-state index contributed by atoms with van der Waals surface area (Å²) in [5, 5.41) is 9.53. The molecule has 0 radical (unpaired) electrons. The zero-order chi connectivity index (χ0) is 22.1. The number of thioether (sulfide) groups is 1. The summed E-state index contributed by atoms with van der Waals surface area (Å²) < 4.78 is 15.3. The van der Waals surface area contributed by atoms with Crippen LogP contribution in [0.2, 0.25) is 0 Å². The van der Waals surface area contributed by atoms with Gasteiger partial charge in [-0.25, -0.2) is 4.79 Å². The maximum atomic E-state index is 12.6. The number of rotatable bonds is 10. The number of alkyl carbamates (subject to hydrolysis) is 1. The third-order valence-electron chi connectivity index (χ3n) is 4.06. The number of amides is 3. The maximum absolute atomic E-state index is 12.6. The molecule has 3 rings (SSSR count). The van der Waals surface area contributed by atoms with Crippen LogP contribution in [0, 0.1) is 0 Å². The zero-order valence-corrected chi connectivity index (χ0v) is 18.5. The van der Waals surface area contributed by atoms with E-state index in [-0.39, 0.29) is 24.7 Å². The normalized spacial score (nSPS) is 14.4. The van der Waals surface area contributed by atoms with Gasteiger partial charge in [-0.1, -0.05) is 23.9 Å². The number of nitrogens with one attached hydrogen (secondary N) is 3. The van der Waals surface area contributed by atoms with E-state index in [1.165, 1.54) is 29.2 Å². The molecule has 166 valence electrons. The summed E-state index contributed by atoms with van der Waals surface area (Å²) in [6.45, 7) is 3.56. The van der Waals surface area contributed by atoms with Crippen LogP contribution < -0.4 is 16.0 Å². The van der Waals surface area contributed by atoms with Crippen LogP contribution in [0.4, 0.5) is 15.5 Å². The van der Waals surface area contributed by atoms with E-state index in [2.05, 4.69) is 16.0 Å². The van der Waals surface area contributed by atoms with Gasteiger partial charge in [-0.05, 0) is 30.5 Å². The minimum absolute atomic E-state index is 0.00357. The molecular weight excluding hydrogens is 442 g/mol. The Labute approximate surface area is 187 Å². The first-order valence-electron chi connectivity index (χ1n) is 9.62. The van der Waals surface area contributed by atoms with Gasteiger partial charge in [0.15, 0.2) is 5.37 Å². The van der Waals surface area contributed by atoms with E-state index in [9.17, 15) is 14.4 Å². The first kappa shape index (κ1) is 23.1. The van der Waals surface area contributed by atoms with E-state index in [4.69, 9.17) is 14.2 Å². The zero-order valence-electron chi connectivity index (χ0n) is 16.8. The highest BCUT2D eigenvalue weighted by Gasteiger charge is 2.28. The van der Waals surface area contributed by atoms with Crippen LogP contribution in [0.3, 0.4) is 0 Å². The van der Waals surface area contributed by atoms with Gasteiger partial charge in [-0.15, -0.1) is 11.3 Å². The van der Waals surface area contributed by atoms with E-state index in [0.717, 1.165) is 10.6 Å². The van der Waals surface area contributed by atoms with E-state index in [1.54, 1.807) is 5.38 Å². The predicted octanol–water partition coefficient (Wildman–Crippen LogP) is 3.15. The number of para-hydroxylation sites is 1. The molecule has 1 aromatic heterocycles. The third kappa shape index (κ3) is 6.69. The molecule has 0 spiro atoms. The summed E-state index contributed by atoms with van der Waals surface area (Å²) in [6.07, 6.45) is -0.884. The van der Waals surface area contributed by atoms with Gasteiger partial charge in [0.05, 0.1) is 25.4 Å². The van der Waals surface area contributed by atoms with E-state index < -0.39 is 17.4 Å². The number of imide groups is 1. The molecule has 31 heavy (non-hydrogen) atoms. The highest BCUT2D eigenvalue weighted by Crippen LogP contribution is 2.38. The van der Waals surface area contributed by atoms with Crippen molar-refractivity contribution in [3.8, 4) is 0 Å². The number of hydrogen-bond donors (Lipinski definition) is 3. The molecule has 3 N–H and O–H groups in total. The van der Waals surface area contributed by atoms with Gasteiger partial charge in [0.1, 0.15) is 11.6 Å². The van der Waals surface area contributed by atoms with Crippen molar-refractivity contribution in [1.82, 2.24) is 5.32 Å². The quantitative estimate of drug-likeness (QED) is 0.459. The molecule has 9 nitrogen and oxygen atoms in total. The highest BCUT2D eigenvalue weighted by molar-refractivity contribution is 8.01. The first-order chi connectivity index (χ1) is 15.1. The van der Waals surface area contributed by atoms with E-state index in [0.29, 0.717) is 24.8 Å². The SMILES string of the molecule is CCOCCOCCOC(=O)NC(=O)c1ccsc1NC(=O)C1Nc2ccccc2S1. The van der Waals surface area contributed by atoms with Crippen molar-refractivity contribution in [1.29, 1.82) is 0 Å². The smallest absolute Gasteiger partial charge is 0.414 e. The van der Waals surface area contributed by atoms with Crippen LogP contribution >= 0.6 is 23.1 Å². The Morgan fingerprint density at radius 2 is 1.84 bits per heavy atom. The van der Waals surface area contributed by atoms with Crippen LogP contribution in [0.25, 0.3) is 0 Å². The average Bonchev–Trinajstić information content (AvgIpc) is 3.40. The topological polar surface area (TPSA) is 115 Å². The Morgan fingerprint density at radius 1 is 1.06 bits per heavy atom. The van der Waals surface area contributed by atoms with Crippen molar-refractivity contribution in [2.75, 3.05) is 43.7 Å². The number of hydrogen-bond acceptors (Lipinski definition) is 9. The number of fused-ring (bicyclic) bond motifs is 1. The molecule has 1 unspecified atom stereocenters. The van der Waals surface area contributed by atoms with E-state index >= 15 is 0 Å². The number of carbonyl (C=O) groups is 3. The molecule has 0 fully saturated rings. The lowest BCUT2D eigenvalue weighted by Gasteiger charge is -2.11. The summed E-state index contributed by atoms with van der Waals surface area (Å²) in [4.78, 5) is 37.8. The van der Waals surface area contributed by atoms with E-state index in [1.807, 2.05) is 31.2 Å². The Bertz CT molecular complexity index is 895. The van der Waals surface area contributed by atoms with Gasteiger partial charge in [-0.2, -0.15) is 0 Å². The molecule has 2 aromatic rings. The number of thiophene rings is 1. The molecule has 2 heterocycles. The van der Waals surface area contributed by atoms with Crippen molar-refractivity contribution in [2.45, 2.75) is 17.2 Å². The van der Waals surface area contributed by atoms with Crippen LogP contribution in [0.1, 0.15) is 17.3 Å². The molecule has 0 saturated carbocycles. The van der Waals surface area contributed by atoms with Crippen molar-refractivity contribution in [2.24, 2.45) is 0 Å². The number of anilines is 2. The fraction of sp³-hybridized carbons (Fsp3) is 0.350. The molecule has 0 aliphatic carbocycles. The highest BCUT2D eigenvalue weighted by atomic mass is 32.2. The first-order valence-corrected chi connectivity index (χ1v) is 11.4. The lowest BCUT2D eigenvalue weighted by molar-refractivity contribution is -0.115. The summed E-state index contributed by atoms with van der Waals surface area (Å²) in [7, 11) is 0. The van der Waals surface area contributed by atoms with Gasteiger partial charge < -0.3 is 24.8 Å². The lowest BCUT2D eigenvalue weighted by Crippen LogP contribution is -2.33. The van der Waals surface area contributed by atoms with Crippen molar-refractivity contribution in [3.63, 3.8) is 0 Å². The van der Waals surface area contributed by atoms with Crippen molar-refractivity contribution >= 4 is 51.7 Å². The molecular formula is C20H23N3O6S2. The van der Waals surface area contributed by atoms with Crippen LogP contribution in [0.15, 0.2) is 40.6 Å². The summed E-state index contributed by atoms with van der Waals surface area (Å²) in [6, 6.07) is 9.15. The Hall–Kier alpha value is -2.60. The molecule has 0 saturated heterocycles. The van der Waals surface area contributed by atoms with Gasteiger partial charge in [-0.3, -0.25) is 14.9 Å². The van der Waals surface area contributed by atoms with Crippen LogP contribution in [-0.4, -0.2) is 56.3 Å². The molecule has 3 amide bonds. The van der Waals surface area contributed by atoms with Gasteiger partial charge in [0, 0.05) is 17.2 Å². The third-order valence-corrected chi connectivity index (χ3v) is 6.06. The Morgan fingerprint density at radius 3 is 2.65 bits per heavy atom. The van der Waals surface area contributed by atoms with Gasteiger partial charge in [0.2, 0.25) is 0 Å². The fourth-order valence-electron chi connectivity index (χ4n) is 2.62. The standard InChI is InChI=1S/C20H23N3O6S2/c1-2-27-8-9-28-10-11-29-20(26)23-16(24)13-7-12-30-18(13)22-17(25)19-21-14-5-3-4-6-15(14)31-19/h3-7,12,19,21H,2,8-11H2,1H3,(H,22,25)(H,23,24,26). The van der Waals surface area contributed by atoms with Crippen LogP contribution in [0.5, 0.6) is 0 Å². The van der Waals surface area contributed by atoms with Gasteiger partial charge >= 0.3 is 6.09 Å². The average molecular weight is 466 g/mol. The van der Waals surface area contributed by atoms with Crippen molar-refractivity contribution in [3.05, 3.63) is 41.3 Å². The Balaban J connectivity index is 1.43. The minimum atomic E-state index is -0.884. The molecule has 0 bridgehead atoms. The monoisotopic (exact) mass is 465 g/mol. The molecule has 11 heteroatoms. The van der Waals surface area contributed by atoms with Crippen molar-refractivity contribution < 1.29 is 28.6 Å². The maximum Gasteiger partial charge on any atom is 0.414 e. The second-order valence-corrected chi connectivity index (χ2v) is 8.25. The molecule has 1 atom stereocenters. The second-order valence-electron chi connectivity index (χ2n) is 6.19. The molecule has 1 aliphatic heterocycles. The largest absolute Gasteiger partial charge is 0.447 e. The number of carbonyl (C=O) groups excluding carboxylic acids is 3. The van der Waals surface area contributed by atoms with Gasteiger partial charge in [0.25, 0.3) is 11.8 Å². The lowest BCUT2D eigenvalue weighted by atomic mass is 10.3. The molecule has 1 aliphatic rings. The Kier molecular flexibility index (Phi) is 8.71. The fourth-order valence-corrected chi connectivity index (χ4v) is 4.43. The summed E-state index contributed by atoms with van der Waals surface area (Å²) in [5.41, 5.74) is 1.07. The predicted molar refractivity (Wildman–Crippen MR) is 119 cm³/mol. The molecule has 1 aromatic carbocycles. The summed E-state index contributed by atoms with van der Waals surface area (Å²) in [5.74, 6) is -0.946. The number of ether oxygens (including phenoxy) is 3. The van der Waals surface area contributed by atoms with Crippen LogP contribution in [-0.2, 0) is 19.0 Å². The second kappa shape index (κ2) is 11.7. The minimum Gasteiger partial charge on any atom is -0.447 e. The summed E-state index contributed by atoms with van der Waals surface area (Å²) >= 11 is 2.59.